The van der Waals surface area contributed by atoms with Crippen molar-refractivity contribution in [2.45, 2.75) is 0 Å². The van der Waals surface area contributed by atoms with Gasteiger partial charge in [0.05, 0.1) is 17.6 Å². The summed E-state index contributed by atoms with van der Waals surface area (Å²) >= 11 is 0. The Labute approximate surface area is 235 Å². The molecule has 0 amide bonds. The normalized spacial score (nSPS) is 11.9. The summed E-state index contributed by atoms with van der Waals surface area (Å²) in [5.41, 5.74) is 6.60. The van der Waals surface area contributed by atoms with Crippen molar-refractivity contribution in [1.29, 1.82) is 0 Å². The highest BCUT2D eigenvalue weighted by Crippen LogP contribution is 2.49. The molecular formula is C34H21N7. The van der Waals surface area contributed by atoms with Gasteiger partial charge in [0.1, 0.15) is 12.1 Å². The predicted molar refractivity (Wildman–Crippen MR) is 161 cm³/mol. The van der Waals surface area contributed by atoms with Gasteiger partial charge in [-0.05, 0) is 34.7 Å². The van der Waals surface area contributed by atoms with E-state index >= 15 is 0 Å². The van der Waals surface area contributed by atoms with E-state index in [1.165, 1.54) is 0 Å². The van der Waals surface area contributed by atoms with E-state index < -0.39 is 0 Å². The molecule has 0 spiro atoms. The number of rotatable bonds is 4. The molecule has 0 aliphatic carbocycles. The molecule has 8 rings (SSSR count). The molecule has 0 N–H and O–H groups in total. The highest BCUT2D eigenvalue weighted by atomic mass is 15.3. The molecule has 7 nitrogen and oxygen atoms in total. The van der Waals surface area contributed by atoms with Crippen LogP contribution in [0, 0.1) is 0 Å². The molecule has 0 atom stereocenters. The zero-order valence-electron chi connectivity index (χ0n) is 21.8. The van der Waals surface area contributed by atoms with Crippen LogP contribution in [0.1, 0.15) is 0 Å². The van der Waals surface area contributed by atoms with Crippen LogP contribution in [0.5, 0.6) is 0 Å². The van der Waals surface area contributed by atoms with Crippen LogP contribution < -0.4 is 4.90 Å². The largest absolute Gasteiger partial charge is 0.258 e. The highest BCUT2D eigenvalue weighted by molar-refractivity contribution is 6.12. The maximum Gasteiger partial charge on any atom is 0.240 e. The molecule has 1 aliphatic rings. The smallest absolute Gasteiger partial charge is 0.240 e. The van der Waals surface area contributed by atoms with Crippen LogP contribution in [0.25, 0.3) is 55.9 Å². The monoisotopic (exact) mass is 527 g/mol. The maximum atomic E-state index is 4.98. The van der Waals surface area contributed by atoms with Gasteiger partial charge in [-0.15, -0.1) is 0 Å². The quantitative estimate of drug-likeness (QED) is 0.232. The third-order valence-corrected chi connectivity index (χ3v) is 7.24. The Balaban J connectivity index is 1.41. The molecule has 0 radical (unpaired) electrons. The second kappa shape index (κ2) is 9.43. The number of pyridine rings is 1. The van der Waals surface area contributed by atoms with Crippen molar-refractivity contribution in [1.82, 2.24) is 29.9 Å². The summed E-state index contributed by atoms with van der Waals surface area (Å²) in [7, 11) is 0. The minimum atomic E-state index is 0.451. The lowest BCUT2D eigenvalue weighted by molar-refractivity contribution is 0.998. The molecule has 4 aromatic carbocycles. The van der Waals surface area contributed by atoms with Crippen LogP contribution >= 0.6 is 0 Å². The van der Waals surface area contributed by atoms with Crippen LogP contribution in [0.2, 0.25) is 0 Å². The van der Waals surface area contributed by atoms with E-state index in [0.29, 0.717) is 17.6 Å². The van der Waals surface area contributed by atoms with Crippen molar-refractivity contribution >= 4 is 28.2 Å². The highest BCUT2D eigenvalue weighted by Gasteiger charge is 2.31. The molecule has 0 saturated carbocycles. The average molecular weight is 528 g/mol. The summed E-state index contributed by atoms with van der Waals surface area (Å²) in [6.07, 6.45) is 5.21. The Morgan fingerprint density at radius 2 is 1.20 bits per heavy atom. The van der Waals surface area contributed by atoms with E-state index in [2.05, 4.69) is 41.4 Å². The van der Waals surface area contributed by atoms with Crippen LogP contribution in [0.4, 0.5) is 17.5 Å². The van der Waals surface area contributed by atoms with Gasteiger partial charge in [0.15, 0.2) is 11.6 Å². The fourth-order valence-electron chi connectivity index (χ4n) is 5.36. The first kappa shape index (κ1) is 23.1. The zero-order chi connectivity index (χ0) is 27.2. The molecule has 192 valence electrons. The Morgan fingerprint density at radius 3 is 1.85 bits per heavy atom. The van der Waals surface area contributed by atoms with E-state index in [0.717, 1.165) is 55.8 Å². The van der Waals surface area contributed by atoms with Gasteiger partial charge in [-0.25, -0.2) is 19.9 Å². The van der Waals surface area contributed by atoms with E-state index in [-0.39, 0.29) is 0 Å². The predicted octanol–water partition coefficient (Wildman–Crippen LogP) is 7.66. The SMILES string of the molecule is c1ccc(-c2cc3c4c(nccc4c2)N(c2nc(-c4ccccc4)nc(-c4ccccc4)n2)c2cncnc2-3)cc1. The molecule has 0 bridgehead atoms. The zero-order valence-corrected chi connectivity index (χ0v) is 21.8. The fourth-order valence-corrected chi connectivity index (χ4v) is 5.36. The van der Waals surface area contributed by atoms with Crippen molar-refractivity contribution in [2.24, 2.45) is 0 Å². The van der Waals surface area contributed by atoms with E-state index in [4.69, 9.17) is 24.9 Å². The van der Waals surface area contributed by atoms with Gasteiger partial charge in [0.25, 0.3) is 0 Å². The minimum Gasteiger partial charge on any atom is -0.258 e. The molecule has 0 fully saturated rings. The van der Waals surface area contributed by atoms with E-state index in [1.54, 1.807) is 12.5 Å². The van der Waals surface area contributed by atoms with Crippen LogP contribution in [-0.4, -0.2) is 29.9 Å². The Morgan fingerprint density at radius 1 is 0.561 bits per heavy atom. The van der Waals surface area contributed by atoms with E-state index in [1.807, 2.05) is 83.9 Å². The standard InChI is InChI=1S/C34H21N7/c1-4-10-22(11-5-1)26-18-25-16-17-36-33-29(25)27(19-26)30-28(20-35-21-37-30)41(33)34-39-31(23-12-6-2-7-13-23)38-32(40-34)24-14-8-3-9-15-24/h1-21H. The average Bonchev–Trinajstić information content (AvgIpc) is 3.06. The first-order chi connectivity index (χ1) is 20.3. The summed E-state index contributed by atoms with van der Waals surface area (Å²) in [6.45, 7) is 0. The van der Waals surface area contributed by atoms with Gasteiger partial charge in [-0.3, -0.25) is 4.90 Å². The van der Waals surface area contributed by atoms with E-state index in [9.17, 15) is 0 Å². The van der Waals surface area contributed by atoms with Gasteiger partial charge in [-0.1, -0.05) is 91.0 Å². The fraction of sp³-hybridized carbons (Fsp3) is 0. The molecular weight excluding hydrogens is 506 g/mol. The Hall–Kier alpha value is -5.82. The first-order valence-corrected chi connectivity index (χ1v) is 13.3. The minimum absolute atomic E-state index is 0.451. The third-order valence-electron chi connectivity index (χ3n) is 7.24. The Bertz CT molecular complexity index is 1990. The molecule has 7 heteroatoms. The van der Waals surface area contributed by atoms with Crippen LogP contribution in [0.15, 0.2) is 128 Å². The van der Waals surface area contributed by atoms with Crippen molar-refractivity contribution in [2.75, 3.05) is 4.90 Å². The summed E-state index contributed by atoms with van der Waals surface area (Å²) in [6, 6.07) is 36.7. The molecule has 4 heterocycles. The van der Waals surface area contributed by atoms with Gasteiger partial charge in [-0.2, -0.15) is 9.97 Å². The number of hydrogen-bond acceptors (Lipinski definition) is 7. The summed E-state index contributed by atoms with van der Waals surface area (Å²) in [5, 5.41) is 2.04. The lowest BCUT2D eigenvalue weighted by Crippen LogP contribution is -2.20. The number of anilines is 3. The number of fused-ring (bicyclic) bond motifs is 2. The third kappa shape index (κ3) is 3.91. The molecule has 0 saturated heterocycles. The summed E-state index contributed by atoms with van der Waals surface area (Å²) < 4.78 is 0. The van der Waals surface area contributed by atoms with Gasteiger partial charge in [0.2, 0.25) is 5.95 Å². The van der Waals surface area contributed by atoms with Crippen molar-refractivity contribution in [3.63, 3.8) is 0 Å². The van der Waals surface area contributed by atoms with Crippen molar-refractivity contribution < 1.29 is 0 Å². The van der Waals surface area contributed by atoms with Gasteiger partial charge >= 0.3 is 0 Å². The number of nitrogens with zero attached hydrogens (tertiary/aromatic N) is 7. The van der Waals surface area contributed by atoms with Crippen molar-refractivity contribution in [3.8, 4) is 45.2 Å². The summed E-state index contributed by atoms with van der Waals surface area (Å²) in [5.74, 6) is 2.32. The summed E-state index contributed by atoms with van der Waals surface area (Å²) in [4.78, 5) is 30.8. The van der Waals surface area contributed by atoms with Gasteiger partial charge in [0, 0.05) is 28.3 Å². The maximum absolute atomic E-state index is 4.98. The van der Waals surface area contributed by atoms with Crippen molar-refractivity contribution in [3.05, 3.63) is 128 Å². The van der Waals surface area contributed by atoms with Crippen LogP contribution in [0.3, 0.4) is 0 Å². The molecule has 0 unspecified atom stereocenters. The number of benzene rings is 4. The second-order valence-electron chi connectivity index (χ2n) is 9.73. The molecule has 41 heavy (non-hydrogen) atoms. The second-order valence-corrected chi connectivity index (χ2v) is 9.73. The number of aromatic nitrogens is 6. The van der Waals surface area contributed by atoms with Crippen LogP contribution in [-0.2, 0) is 0 Å². The first-order valence-electron chi connectivity index (χ1n) is 13.3. The molecule has 3 aromatic heterocycles. The topological polar surface area (TPSA) is 80.6 Å². The number of hydrogen-bond donors (Lipinski definition) is 0. The lowest BCUT2D eigenvalue weighted by Gasteiger charge is -2.30. The molecule has 1 aliphatic heterocycles. The lowest BCUT2D eigenvalue weighted by atomic mass is 9.93. The Kier molecular flexibility index (Phi) is 5.31. The van der Waals surface area contributed by atoms with Gasteiger partial charge < -0.3 is 0 Å². The molecule has 7 aromatic rings.